The van der Waals surface area contributed by atoms with Crippen LogP contribution in [0.1, 0.15) is 42.2 Å². The maximum Gasteiger partial charge on any atom is 0.331 e. The van der Waals surface area contributed by atoms with Crippen LogP contribution < -0.4 is 11.2 Å². The van der Waals surface area contributed by atoms with E-state index in [0.717, 1.165) is 23.8 Å². The number of benzene rings is 1. The maximum absolute atomic E-state index is 12.7. The van der Waals surface area contributed by atoms with Gasteiger partial charge in [-0.25, -0.2) is 4.79 Å². The summed E-state index contributed by atoms with van der Waals surface area (Å²) in [6.45, 7) is 0.348. The molecule has 0 bridgehead atoms. The number of hydrogen-bond donors (Lipinski definition) is 1. The molecule has 0 unspecified atom stereocenters. The quantitative estimate of drug-likeness (QED) is 0.922. The van der Waals surface area contributed by atoms with Crippen molar-refractivity contribution in [1.82, 2.24) is 9.13 Å². The molecular weight excluding hydrogens is 306 g/mol. The van der Waals surface area contributed by atoms with E-state index in [9.17, 15) is 20.0 Å². The monoisotopic (exact) mass is 325 g/mol. The summed E-state index contributed by atoms with van der Waals surface area (Å²) in [5.74, 6) is 0. The molecule has 2 aromatic rings. The largest absolute Gasteiger partial charge is 0.387 e. The summed E-state index contributed by atoms with van der Waals surface area (Å²) >= 11 is 0. The first kappa shape index (κ1) is 16.2. The Morgan fingerprint density at radius 2 is 1.92 bits per heavy atom. The SMILES string of the molecule is N#Cc1c2n(c(=O)n(C[C@@H](O)c3ccccc3)c1=O)CCCCC2. The van der Waals surface area contributed by atoms with Gasteiger partial charge in [0.1, 0.15) is 11.6 Å². The highest BCUT2D eigenvalue weighted by Gasteiger charge is 2.22. The van der Waals surface area contributed by atoms with Gasteiger partial charge in [0.2, 0.25) is 0 Å². The van der Waals surface area contributed by atoms with Crippen LogP contribution >= 0.6 is 0 Å². The summed E-state index contributed by atoms with van der Waals surface area (Å²) in [4.78, 5) is 25.3. The Morgan fingerprint density at radius 3 is 2.62 bits per heavy atom. The minimum absolute atomic E-state index is 0.0248. The van der Waals surface area contributed by atoms with Crippen molar-refractivity contribution < 1.29 is 5.11 Å². The number of aliphatic hydroxyl groups excluding tert-OH is 1. The summed E-state index contributed by atoms with van der Waals surface area (Å²) in [6.07, 6.45) is 2.26. The molecule has 124 valence electrons. The van der Waals surface area contributed by atoms with Crippen molar-refractivity contribution >= 4 is 0 Å². The molecule has 1 aromatic carbocycles. The predicted molar refractivity (Wildman–Crippen MR) is 88.6 cm³/mol. The normalized spacial score (nSPS) is 15.2. The highest BCUT2D eigenvalue weighted by Crippen LogP contribution is 2.16. The van der Waals surface area contributed by atoms with E-state index in [2.05, 4.69) is 0 Å². The lowest BCUT2D eigenvalue weighted by Crippen LogP contribution is -2.44. The van der Waals surface area contributed by atoms with Crippen molar-refractivity contribution in [3.8, 4) is 6.07 Å². The lowest BCUT2D eigenvalue weighted by Gasteiger charge is -2.17. The molecule has 1 aromatic heterocycles. The van der Waals surface area contributed by atoms with Crippen molar-refractivity contribution in [3.05, 3.63) is 68.0 Å². The number of nitriles is 1. The minimum atomic E-state index is -0.979. The Morgan fingerprint density at radius 1 is 1.17 bits per heavy atom. The Kier molecular flexibility index (Phi) is 4.63. The van der Waals surface area contributed by atoms with Crippen LogP contribution in [0.25, 0.3) is 0 Å². The number of nitrogens with zero attached hydrogens (tertiary/aromatic N) is 3. The molecule has 24 heavy (non-hydrogen) atoms. The summed E-state index contributed by atoms with van der Waals surface area (Å²) in [5, 5.41) is 19.7. The Labute approximate surface area is 139 Å². The molecule has 0 saturated heterocycles. The van der Waals surface area contributed by atoms with Crippen LogP contribution in [0.4, 0.5) is 0 Å². The zero-order valence-corrected chi connectivity index (χ0v) is 13.3. The van der Waals surface area contributed by atoms with Gasteiger partial charge in [0.25, 0.3) is 5.56 Å². The van der Waals surface area contributed by atoms with Crippen molar-refractivity contribution in [2.75, 3.05) is 0 Å². The van der Waals surface area contributed by atoms with Crippen molar-refractivity contribution in [2.24, 2.45) is 0 Å². The Balaban J connectivity index is 2.09. The molecule has 6 nitrogen and oxygen atoms in total. The van der Waals surface area contributed by atoms with E-state index in [1.54, 1.807) is 24.3 Å². The fraction of sp³-hybridized carbons (Fsp3) is 0.389. The molecule has 0 aliphatic carbocycles. The molecular formula is C18H19N3O3. The van der Waals surface area contributed by atoms with Crippen molar-refractivity contribution in [2.45, 2.75) is 44.9 Å². The minimum Gasteiger partial charge on any atom is -0.387 e. The molecule has 6 heteroatoms. The smallest absolute Gasteiger partial charge is 0.331 e. The molecule has 1 aliphatic heterocycles. The Bertz CT molecular complexity index is 891. The van der Waals surface area contributed by atoms with E-state index in [-0.39, 0.29) is 12.1 Å². The number of hydrogen-bond acceptors (Lipinski definition) is 4. The first-order valence-corrected chi connectivity index (χ1v) is 8.13. The van der Waals surface area contributed by atoms with Crippen LogP contribution in [0.5, 0.6) is 0 Å². The summed E-state index contributed by atoms with van der Waals surface area (Å²) in [6, 6.07) is 10.8. The van der Waals surface area contributed by atoms with Crippen molar-refractivity contribution in [3.63, 3.8) is 0 Å². The predicted octanol–water partition coefficient (Wildman–Crippen LogP) is 1.34. The lowest BCUT2D eigenvalue weighted by molar-refractivity contribution is 0.152. The fourth-order valence-electron chi connectivity index (χ4n) is 3.20. The number of aromatic nitrogens is 2. The average Bonchev–Trinajstić information content (AvgIpc) is 2.86. The molecule has 0 saturated carbocycles. The average molecular weight is 325 g/mol. The third-order valence-electron chi connectivity index (χ3n) is 4.48. The van der Waals surface area contributed by atoms with Crippen LogP contribution in [-0.4, -0.2) is 14.2 Å². The zero-order chi connectivity index (χ0) is 17.1. The maximum atomic E-state index is 12.7. The van der Waals surface area contributed by atoms with Crippen LogP contribution in [0.15, 0.2) is 39.9 Å². The summed E-state index contributed by atoms with van der Waals surface area (Å²) in [5.41, 5.74) is 0.144. The van der Waals surface area contributed by atoms with E-state index in [1.807, 2.05) is 12.1 Å². The first-order valence-electron chi connectivity index (χ1n) is 8.13. The topological polar surface area (TPSA) is 88.0 Å². The number of rotatable bonds is 3. The van der Waals surface area contributed by atoms with Gasteiger partial charge >= 0.3 is 5.69 Å². The highest BCUT2D eigenvalue weighted by molar-refractivity contribution is 5.32. The zero-order valence-electron chi connectivity index (χ0n) is 13.3. The van der Waals surface area contributed by atoms with Crippen LogP contribution in [0.2, 0.25) is 0 Å². The third kappa shape index (κ3) is 2.91. The van der Waals surface area contributed by atoms with Crippen LogP contribution in [-0.2, 0) is 19.5 Å². The molecule has 0 amide bonds. The van der Waals surface area contributed by atoms with Gasteiger partial charge in [-0.05, 0) is 24.8 Å². The second-order valence-corrected chi connectivity index (χ2v) is 6.02. The second kappa shape index (κ2) is 6.85. The van der Waals surface area contributed by atoms with Gasteiger partial charge in [-0.2, -0.15) is 5.26 Å². The van der Waals surface area contributed by atoms with E-state index >= 15 is 0 Å². The number of fused-ring (bicyclic) bond motifs is 1. The van der Waals surface area contributed by atoms with Crippen LogP contribution in [0, 0.1) is 11.3 Å². The number of aliphatic hydroxyl groups is 1. The highest BCUT2D eigenvalue weighted by atomic mass is 16.3. The fourth-order valence-corrected chi connectivity index (χ4v) is 3.20. The lowest BCUT2D eigenvalue weighted by atomic mass is 10.1. The van der Waals surface area contributed by atoms with Gasteiger partial charge < -0.3 is 5.11 Å². The molecule has 0 spiro atoms. The van der Waals surface area contributed by atoms with Gasteiger partial charge in [-0.1, -0.05) is 36.8 Å². The van der Waals surface area contributed by atoms with E-state index in [4.69, 9.17) is 0 Å². The molecule has 1 N–H and O–H groups in total. The standard InChI is InChI=1S/C18H19N3O3/c19-11-14-15-9-5-2-6-10-20(15)18(24)21(17(14)23)12-16(22)13-7-3-1-4-8-13/h1,3-4,7-8,16,22H,2,5-6,9-10,12H2/t16-/m1/s1. The second-order valence-electron chi connectivity index (χ2n) is 6.02. The molecule has 2 heterocycles. The van der Waals surface area contributed by atoms with E-state index in [0.29, 0.717) is 24.2 Å². The molecule has 1 aliphatic rings. The van der Waals surface area contributed by atoms with Crippen LogP contribution in [0.3, 0.4) is 0 Å². The Hall–Kier alpha value is -2.65. The molecule has 0 radical (unpaired) electrons. The third-order valence-corrected chi connectivity index (χ3v) is 4.48. The molecule has 1 atom stereocenters. The van der Waals surface area contributed by atoms with Gasteiger partial charge in [0.15, 0.2) is 0 Å². The summed E-state index contributed by atoms with van der Waals surface area (Å²) < 4.78 is 2.52. The van der Waals surface area contributed by atoms with E-state index in [1.165, 1.54) is 4.57 Å². The molecule has 0 fully saturated rings. The summed E-state index contributed by atoms with van der Waals surface area (Å²) in [7, 11) is 0. The van der Waals surface area contributed by atoms with Crippen molar-refractivity contribution in [1.29, 1.82) is 5.26 Å². The van der Waals surface area contributed by atoms with E-state index < -0.39 is 17.4 Å². The van der Waals surface area contributed by atoms with Gasteiger partial charge in [0.05, 0.1) is 12.6 Å². The van der Waals surface area contributed by atoms with Gasteiger partial charge in [-0.15, -0.1) is 0 Å². The van der Waals surface area contributed by atoms with Gasteiger partial charge in [0, 0.05) is 12.2 Å². The van der Waals surface area contributed by atoms with Gasteiger partial charge in [-0.3, -0.25) is 13.9 Å². The first-order chi connectivity index (χ1) is 11.6. The molecule has 3 rings (SSSR count).